The van der Waals surface area contributed by atoms with Crippen molar-refractivity contribution < 1.29 is 14.3 Å². The summed E-state index contributed by atoms with van der Waals surface area (Å²) in [6.07, 6.45) is 0.0884. The molecule has 1 unspecified atom stereocenters. The Morgan fingerprint density at radius 1 is 1.24 bits per heavy atom. The van der Waals surface area contributed by atoms with Gasteiger partial charge in [-0.2, -0.15) is 0 Å². The van der Waals surface area contributed by atoms with Gasteiger partial charge in [-0.15, -0.1) is 0 Å². The average Bonchev–Trinajstić information content (AvgIpc) is 2.29. The van der Waals surface area contributed by atoms with Gasteiger partial charge in [-0.1, -0.05) is 32.0 Å². The third-order valence-corrected chi connectivity index (χ3v) is 2.55. The molecule has 1 atom stereocenters. The van der Waals surface area contributed by atoms with Crippen molar-refractivity contribution in [1.29, 1.82) is 0 Å². The van der Waals surface area contributed by atoms with Crippen LogP contribution >= 0.6 is 0 Å². The Bertz CT molecular complexity index is 371. The standard InChI is InChI=1S/C14H20O3/c1-10(2)12-7-5-6-8-13(12)17-11(3)9-14(15)16-4/h5-8,10-11H,9H2,1-4H3. The van der Waals surface area contributed by atoms with Crippen LogP contribution < -0.4 is 4.74 Å². The van der Waals surface area contributed by atoms with Crippen LogP contribution in [0.2, 0.25) is 0 Å². The Labute approximate surface area is 103 Å². The first kappa shape index (κ1) is 13.6. The summed E-state index contributed by atoms with van der Waals surface area (Å²) >= 11 is 0. The van der Waals surface area contributed by atoms with E-state index in [0.29, 0.717) is 5.92 Å². The smallest absolute Gasteiger partial charge is 0.309 e. The SMILES string of the molecule is COC(=O)CC(C)Oc1ccccc1C(C)C. The van der Waals surface area contributed by atoms with Gasteiger partial charge in [0.25, 0.3) is 0 Å². The van der Waals surface area contributed by atoms with Crippen LogP contribution in [0, 0.1) is 0 Å². The second-order valence-corrected chi connectivity index (χ2v) is 4.40. The molecule has 0 bridgehead atoms. The van der Waals surface area contributed by atoms with Crippen LogP contribution in [0.5, 0.6) is 5.75 Å². The van der Waals surface area contributed by atoms with Crippen molar-refractivity contribution in [3.05, 3.63) is 29.8 Å². The summed E-state index contributed by atoms with van der Waals surface area (Å²) in [5.74, 6) is 0.995. The second-order valence-electron chi connectivity index (χ2n) is 4.40. The molecule has 0 amide bonds. The maximum atomic E-state index is 11.1. The lowest BCUT2D eigenvalue weighted by Crippen LogP contribution is -2.18. The van der Waals surface area contributed by atoms with Crippen molar-refractivity contribution in [3.8, 4) is 5.75 Å². The number of hydrogen-bond donors (Lipinski definition) is 0. The molecule has 1 aromatic rings. The topological polar surface area (TPSA) is 35.5 Å². The zero-order valence-corrected chi connectivity index (χ0v) is 10.9. The molecule has 0 spiro atoms. The average molecular weight is 236 g/mol. The zero-order chi connectivity index (χ0) is 12.8. The molecule has 0 aliphatic heterocycles. The van der Waals surface area contributed by atoms with Gasteiger partial charge in [0.05, 0.1) is 13.5 Å². The molecule has 3 nitrogen and oxygen atoms in total. The van der Waals surface area contributed by atoms with Gasteiger partial charge in [-0.05, 0) is 24.5 Å². The normalized spacial score (nSPS) is 12.3. The lowest BCUT2D eigenvalue weighted by atomic mass is 10.0. The quantitative estimate of drug-likeness (QED) is 0.737. The van der Waals surface area contributed by atoms with E-state index < -0.39 is 0 Å². The molecule has 3 heteroatoms. The van der Waals surface area contributed by atoms with Crippen molar-refractivity contribution in [2.75, 3.05) is 7.11 Å². The number of carbonyl (C=O) groups excluding carboxylic acids is 1. The predicted molar refractivity (Wildman–Crippen MR) is 67.3 cm³/mol. The van der Waals surface area contributed by atoms with E-state index in [9.17, 15) is 4.79 Å². The van der Waals surface area contributed by atoms with Gasteiger partial charge >= 0.3 is 5.97 Å². The molecule has 0 aliphatic rings. The fraction of sp³-hybridized carbons (Fsp3) is 0.500. The maximum absolute atomic E-state index is 11.1. The van der Waals surface area contributed by atoms with E-state index in [1.807, 2.05) is 31.2 Å². The molecular weight excluding hydrogens is 216 g/mol. The summed E-state index contributed by atoms with van der Waals surface area (Å²) in [5, 5.41) is 0. The molecular formula is C14H20O3. The third kappa shape index (κ3) is 4.10. The molecule has 0 fully saturated rings. The molecule has 0 N–H and O–H groups in total. The number of methoxy groups -OCH3 is 1. The number of benzene rings is 1. The Morgan fingerprint density at radius 2 is 1.88 bits per heavy atom. The first-order valence-corrected chi connectivity index (χ1v) is 5.87. The summed E-state index contributed by atoms with van der Waals surface area (Å²) in [6.45, 7) is 6.11. The van der Waals surface area contributed by atoms with Crippen LogP contribution in [0.1, 0.15) is 38.7 Å². The highest BCUT2D eigenvalue weighted by Crippen LogP contribution is 2.27. The van der Waals surface area contributed by atoms with Gasteiger partial charge < -0.3 is 9.47 Å². The molecule has 0 heterocycles. The number of carbonyl (C=O) groups is 1. The van der Waals surface area contributed by atoms with Crippen LogP contribution in [0.4, 0.5) is 0 Å². The van der Waals surface area contributed by atoms with E-state index in [4.69, 9.17) is 4.74 Å². The van der Waals surface area contributed by atoms with Crippen molar-refractivity contribution in [2.24, 2.45) is 0 Å². The summed E-state index contributed by atoms with van der Waals surface area (Å²) in [7, 11) is 1.39. The minimum atomic E-state index is -0.250. The number of rotatable bonds is 5. The largest absolute Gasteiger partial charge is 0.490 e. The Hall–Kier alpha value is -1.51. The van der Waals surface area contributed by atoms with Gasteiger partial charge in [0, 0.05) is 0 Å². The first-order valence-electron chi connectivity index (χ1n) is 5.87. The minimum Gasteiger partial charge on any atom is -0.490 e. The molecule has 0 saturated carbocycles. The highest BCUT2D eigenvalue weighted by atomic mass is 16.5. The van der Waals surface area contributed by atoms with Crippen LogP contribution in [-0.2, 0) is 9.53 Å². The third-order valence-electron chi connectivity index (χ3n) is 2.55. The van der Waals surface area contributed by atoms with Crippen LogP contribution in [0.15, 0.2) is 24.3 Å². The van der Waals surface area contributed by atoms with E-state index in [0.717, 1.165) is 11.3 Å². The summed E-state index contributed by atoms with van der Waals surface area (Å²) in [4.78, 5) is 11.1. The Balaban J connectivity index is 2.71. The number of ether oxygens (including phenoxy) is 2. The van der Waals surface area contributed by atoms with Crippen LogP contribution in [-0.4, -0.2) is 19.2 Å². The Morgan fingerprint density at radius 3 is 2.47 bits per heavy atom. The monoisotopic (exact) mass is 236 g/mol. The maximum Gasteiger partial charge on any atom is 0.309 e. The second kappa shape index (κ2) is 6.28. The number of hydrogen-bond acceptors (Lipinski definition) is 3. The summed E-state index contributed by atoms with van der Waals surface area (Å²) in [5.41, 5.74) is 1.16. The zero-order valence-electron chi connectivity index (χ0n) is 10.9. The summed E-state index contributed by atoms with van der Waals surface area (Å²) < 4.78 is 10.4. The van der Waals surface area contributed by atoms with Gasteiger partial charge in [0.15, 0.2) is 0 Å². The van der Waals surface area contributed by atoms with Gasteiger partial charge in [0.1, 0.15) is 11.9 Å². The summed E-state index contributed by atoms with van der Waals surface area (Å²) in [6, 6.07) is 7.91. The molecule has 0 aromatic heterocycles. The molecule has 94 valence electrons. The van der Waals surface area contributed by atoms with E-state index in [1.165, 1.54) is 7.11 Å². The Kier molecular flexibility index (Phi) is 5.01. The van der Waals surface area contributed by atoms with Crippen molar-refractivity contribution in [3.63, 3.8) is 0 Å². The van der Waals surface area contributed by atoms with Crippen molar-refractivity contribution >= 4 is 5.97 Å². The lowest BCUT2D eigenvalue weighted by Gasteiger charge is -2.18. The van der Waals surface area contributed by atoms with Crippen molar-refractivity contribution in [1.82, 2.24) is 0 Å². The van der Waals surface area contributed by atoms with E-state index in [1.54, 1.807) is 0 Å². The molecule has 0 aliphatic carbocycles. The van der Waals surface area contributed by atoms with Gasteiger partial charge in [-0.25, -0.2) is 0 Å². The number of esters is 1. The minimum absolute atomic E-state index is 0.178. The first-order chi connectivity index (χ1) is 8.04. The highest BCUT2D eigenvalue weighted by Gasteiger charge is 2.13. The molecule has 1 rings (SSSR count). The molecule has 1 aromatic carbocycles. The predicted octanol–water partition coefficient (Wildman–Crippen LogP) is 3.14. The van der Waals surface area contributed by atoms with Crippen LogP contribution in [0.3, 0.4) is 0 Å². The number of para-hydroxylation sites is 1. The fourth-order valence-corrected chi connectivity index (χ4v) is 1.64. The highest BCUT2D eigenvalue weighted by molar-refractivity contribution is 5.69. The molecule has 0 radical (unpaired) electrons. The van der Waals surface area contributed by atoms with Crippen LogP contribution in [0.25, 0.3) is 0 Å². The molecule has 0 saturated heterocycles. The fourth-order valence-electron chi connectivity index (χ4n) is 1.64. The van der Waals surface area contributed by atoms with Gasteiger partial charge in [0.2, 0.25) is 0 Å². The van der Waals surface area contributed by atoms with E-state index >= 15 is 0 Å². The molecule has 17 heavy (non-hydrogen) atoms. The van der Waals surface area contributed by atoms with E-state index in [2.05, 4.69) is 18.6 Å². The van der Waals surface area contributed by atoms with Gasteiger partial charge in [-0.3, -0.25) is 4.79 Å². The van der Waals surface area contributed by atoms with E-state index in [-0.39, 0.29) is 18.5 Å². The lowest BCUT2D eigenvalue weighted by molar-refractivity contribution is -0.142. The van der Waals surface area contributed by atoms with Crippen molar-refractivity contribution in [2.45, 2.75) is 39.2 Å².